The largest absolute Gasteiger partial charge is 0.487 e. The van der Waals surface area contributed by atoms with E-state index in [1.807, 2.05) is 26.0 Å². The molecule has 0 bridgehead atoms. The van der Waals surface area contributed by atoms with Crippen LogP contribution in [-0.2, 0) is 11.4 Å². The Kier molecular flexibility index (Phi) is 7.83. The number of nitrogens with zero attached hydrogens (tertiary/aromatic N) is 2. The van der Waals surface area contributed by atoms with Gasteiger partial charge in [0.15, 0.2) is 5.78 Å². The van der Waals surface area contributed by atoms with Gasteiger partial charge >= 0.3 is 0 Å². The molecular weight excluding hydrogens is 572 g/mol. The maximum atomic E-state index is 13.6. The van der Waals surface area contributed by atoms with Crippen LogP contribution < -0.4 is 15.4 Å². The number of carbonyl (C=O) groups is 1. The number of ketones is 1. The van der Waals surface area contributed by atoms with Gasteiger partial charge in [-0.05, 0) is 79.3 Å². The van der Waals surface area contributed by atoms with Crippen molar-refractivity contribution < 1.29 is 13.9 Å². The van der Waals surface area contributed by atoms with Crippen molar-refractivity contribution in [3.63, 3.8) is 0 Å². The molecule has 5 rings (SSSR count). The van der Waals surface area contributed by atoms with E-state index >= 15 is 0 Å². The van der Waals surface area contributed by atoms with Crippen LogP contribution in [0.3, 0.4) is 0 Å². The Morgan fingerprint density at radius 2 is 1.85 bits per heavy atom. The van der Waals surface area contributed by atoms with Gasteiger partial charge in [-0.25, -0.2) is 4.39 Å². The van der Waals surface area contributed by atoms with Gasteiger partial charge in [-0.15, -0.1) is 0 Å². The van der Waals surface area contributed by atoms with E-state index in [4.69, 9.17) is 45.3 Å². The quantitative estimate of drug-likeness (QED) is 0.321. The summed E-state index contributed by atoms with van der Waals surface area (Å²) in [5, 5.41) is 11.2. The number of hydrogen-bond donors (Lipinski definition) is 1. The number of nitriles is 1. The van der Waals surface area contributed by atoms with E-state index in [1.54, 1.807) is 23.1 Å². The van der Waals surface area contributed by atoms with Crippen LogP contribution in [0.15, 0.2) is 71.2 Å². The van der Waals surface area contributed by atoms with Gasteiger partial charge < -0.3 is 10.5 Å². The summed E-state index contributed by atoms with van der Waals surface area (Å²) < 4.78 is 19.4. The lowest BCUT2D eigenvalue weighted by molar-refractivity contribution is -0.116. The highest BCUT2D eigenvalue weighted by molar-refractivity contribution is 6.43. The van der Waals surface area contributed by atoms with Crippen molar-refractivity contribution in [2.45, 2.75) is 45.6 Å². The molecule has 1 unspecified atom stereocenters. The molecule has 3 aromatic rings. The number of halogens is 4. The molecule has 40 heavy (non-hydrogen) atoms. The molecule has 0 saturated carbocycles. The van der Waals surface area contributed by atoms with Crippen LogP contribution in [0.1, 0.15) is 47.4 Å². The lowest BCUT2D eigenvalue weighted by atomic mass is 9.74. The maximum Gasteiger partial charge on any atom is 0.161 e. The highest BCUT2D eigenvalue weighted by Crippen LogP contribution is 2.49. The SMILES string of the molecule is Cc1cc(C)c(C2C(C#N)=C(N)N(c3cccc(Cl)c3Cl)C3=C2C(=O)CCC3)cc1COc1ccc(F)cc1Cl. The van der Waals surface area contributed by atoms with Gasteiger partial charge in [0.25, 0.3) is 0 Å². The zero-order chi connectivity index (χ0) is 28.7. The van der Waals surface area contributed by atoms with E-state index in [-0.39, 0.29) is 33.8 Å². The number of hydrogen-bond acceptors (Lipinski definition) is 5. The Morgan fingerprint density at radius 3 is 2.58 bits per heavy atom. The second kappa shape index (κ2) is 11.2. The average Bonchev–Trinajstić information content (AvgIpc) is 2.91. The van der Waals surface area contributed by atoms with Gasteiger partial charge in [-0.1, -0.05) is 53.0 Å². The minimum absolute atomic E-state index is 0.0366. The summed E-state index contributed by atoms with van der Waals surface area (Å²) in [4.78, 5) is 15.3. The Labute approximate surface area is 247 Å². The average molecular weight is 597 g/mol. The number of ether oxygens (including phenoxy) is 1. The van der Waals surface area contributed by atoms with E-state index in [0.29, 0.717) is 41.3 Å². The van der Waals surface area contributed by atoms with Crippen molar-refractivity contribution in [2.24, 2.45) is 5.73 Å². The monoisotopic (exact) mass is 595 g/mol. The van der Waals surface area contributed by atoms with Crippen LogP contribution in [0.2, 0.25) is 15.1 Å². The highest BCUT2D eigenvalue weighted by Gasteiger charge is 2.41. The molecule has 1 aliphatic carbocycles. The normalized spacial score (nSPS) is 17.2. The minimum Gasteiger partial charge on any atom is -0.487 e. The first-order chi connectivity index (χ1) is 19.1. The summed E-state index contributed by atoms with van der Waals surface area (Å²) in [5.74, 6) is -0.584. The summed E-state index contributed by atoms with van der Waals surface area (Å²) in [6.07, 6.45) is 1.61. The molecule has 5 nitrogen and oxygen atoms in total. The Balaban J connectivity index is 1.64. The molecule has 0 saturated heterocycles. The number of allylic oxidation sites excluding steroid dienone is 3. The number of aryl methyl sites for hydroxylation is 2. The molecule has 1 heterocycles. The number of carbonyl (C=O) groups excluding carboxylic acids is 1. The molecular formula is C31H25Cl3FN3O2. The Bertz CT molecular complexity index is 1660. The fourth-order valence-corrected chi connectivity index (χ4v) is 6.07. The molecule has 0 aromatic heterocycles. The van der Waals surface area contributed by atoms with Crippen LogP contribution in [0.4, 0.5) is 10.1 Å². The van der Waals surface area contributed by atoms with Gasteiger partial charge in [-0.3, -0.25) is 9.69 Å². The number of rotatable bonds is 5. The van der Waals surface area contributed by atoms with Gasteiger partial charge in [0.2, 0.25) is 0 Å². The maximum absolute atomic E-state index is 13.6. The molecule has 0 radical (unpaired) electrons. The molecule has 204 valence electrons. The molecule has 9 heteroatoms. The van der Waals surface area contributed by atoms with Gasteiger partial charge in [0.1, 0.15) is 24.0 Å². The predicted octanol–water partition coefficient (Wildman–Crippen LogP) is 8.29. The summed E-state index contributed by atoms with van der Waals surface area (Å²) in [6.45, 7) is 4.06. The van der Waals surface area contributed by atoms with E-state index in [0.717, 1.165) is 28.0 Å². The van der Waals surface area contributed by atoms with E-state index in [1.165, 1.54) is 18.2 Å². The molecule has 0 amide bonds. The minimum atomic E-state index is -0.657. The smallest absolute Gasteiger partial charge is 0.161 e. The molecule has 0 spiro atoms. The fraction of sp³-hybridized carbons (Fsp3) is 0.226. The number of Topliss-reactive ketones (excluding diaryl/α,β-unsaturated/α-hetero) is 1. The van der Waals surface area contributed by atoms with E-state index in [9.17, 15) is 14.4 Å². The molecule has 2 aliphatic rings. The van der Waals surface area contributed by atoms with Gasteiger partial charge in [0, 0.05) is 17.7 Å². The lowest BCUT2D eigenvalue weighted by Crippen LogP contribution is -2.39. The number of benzene rings is 3. The van der Waals surface area contributed by atoms with Crippen molar-refractivity contribution in [3.05, 3.63) is 114 Å². The van der Waals surface area contributed by atoms with Gasteiger partial charge in [0.05, 0.1) is 38.3 Å². The number of anilines is 1. The number of nitrogens with two attached hydrogens (primary N) is 1. The fourth-order valence-electron chi connectivity index (χ4n) is 5.47. The third-order valence-corrected chi connectivity index (χ3v) is 8.50. The first-order valence-corrected chi connectivity index (χ1v) is 13.8. The lowest BCUT2D eigenvalue weighted by Gasteiger charge is -2.40. The highest BCUT2D eigenvalue weighted by atomic mass is 35.5. The molecule has 1 aliphatic heterocycles. The predicted molar refractivity (Wildman–Crippen MR) is 156 cm³/mol. The first kappa shape index (κ1) is 28.0. The van der Waals surface area contributed by atoms with Crippen molar-refractivity contribution in [1.29, 1.82) is 5.26 Å². The van der Waals surface area contributed by atoms with Crippen molar-refractivity contribution in [2.75, 3.05) is 4.90 Å². The van der Waals surface area contributed by atoms with Crippen LogP contribution in [0.5, 0.6) is 5.75 Å². The van der Waals surface area contributed by atoms with E-state index in [2.05, 4.69) is 6.07 Å². The molecule has 2 N–H and O–H groups in total. The van der Waals surface area contributed by atoms with Gasteiger partial charge in [-0.2, -0.15) is 5.26 Å². The summed E-state index contributed by atoms with van der Waals surface area (Å²) in [7, 11) is 0. The zero-order valence-electron chi connectivity index (χ0n) is 21.8. The van der Waals surface area contributed by atoms with Crippen molar-refractivity contribution in [1.82, 2.24) is 0 Å². The van der Waals surface area contributed by atoms with Crippen LogP contribution >= 0.6 is 34.8 Å². The summed E-state index contributed by atoms with van der Waals surface area (Å²) in [5.41, 5.74) is 12.2. The summed E-state index contributed by atoms with van der Waals surface area (Å²) >= 11 is 19.1. The Morgan fingerprint density at radius 1 is 1.07 bits per heavy atom. The molecule has 3 aromatic carbocycles. The second-order valence-electron chi connectivity index (χ2n) is 9.89. The topological polar surface area (TPSA) is 79.4 Å². The van der Waals surface area contributed by atoms with Crippen LogP contribution in [-0.4, -0.2) is 5.78 Å². The molecule has 0 fully saturated rings. The zero-order valence-corrected chi connectivity index (χ0v) is 24.1. The second-order valence-corrected chi connectivity index (χ2v) is 11.1. The first-order valence-electron chi connectivity index (χ1n) is 12.7. The Hall–Kier alpha value is -3.50. The van der Waals surface area contributed by atoms with Crippen molar-refractivity contribution >= 4 is 46.3 Å². The van der Waals surface area contributed by atoms with Crippen molar-refractivity contribution in [3.8, 4) is 11.8 Å². The van der Waals surface area contributed by atoms with E-state index < -0.39 is 11.7 Å². The van der Waals surface area contributed by atoms with Crippen LogP contribution in [0, 0.1) is 31.0 Å². The summed E-state index contributed by atoms with van der Waals surface area (Å²) in [6, 6.07) is 15.4. The van der Waals surface area contributed by atoms with Crippen LogP contribution in [0.25, 0.3) is 0 Å². The molecule has 1 atom stereocenters. The third kappa shape index (κ3) is 4.94. The third-order valence-electron chi connectivity index (χ3n) is 7.40. The standard InChI is InChI=1S/C31H25Cl3FN3O2/c1-16-11-17(2)20(12-18(16)15-40-27-10-9-19(35)13-23(27)33)28-21(14-36)31(37)38(24-6-4-8-26(39)29(24)28)25-7-3-5-22(32)30(25)34/h3,5,7,9-13,28H,4,6,8,15,37H2,1-2H3.